The maximum atomic E-state index is 11.6. The van der Waals surface area contributed by atoms with Crippen molar-refractivity contribution in [3.8, 4) is 0 Å². The summed E-state index contributed by atoms with van der Waals surface area (Å²) < 4.78 is 4.83. The summed E-state index contributed by atoms with van der Waals surface area (Å²) in [5, 5.41) is 3.20. The first-order valence-electron chi connectivity index (χ1n) is 7.13. The molecular formula is C14H28N2O2. The van der Waals surface area contributed by atoms with Gasteiger partial charge in [0, 0.05) is 19.1 Å². The first kappa shape index (κ1) is 15.4. The third kappa shape index (κ3) is 4.58. The van der Waals surface area contributed by atoms with Gasteiger partial charge in [-0.1, -0.05) is 13.8 Å². The summed E-state index contributed by atoms with van der Waals surface area (Å²) in [6, 6.07) is 0.477. The lowest BCUT2D eigenvalue weighted by Crippen LogP contribution is -2.45. The minimum absolute atomic E-state index is 0.144. The van der Waals surface area contributed by atoms with E-state index in [9.17, 15) is 4.79 Å². The number of rotatable bonds is 6. The van der Waals surface area contributed by atoms with E-state index < -0.39 is 0 Å². The van der Waals surface area contributed by atoms with E-state index in [1.54, 1.807) is 0 Å². The summed E-state index contributed by atoms with van der Waals surface area (Å²) in [6.45, 7) is 9.53. The van der Waals surface area contributed by atoms with Gasteiger partial charge < -0.3 is 15.0 Å². The Hall–Kier alpha value is -0.610. The highest BCUT2D eigenvalue weighted by Gasteiger charge is 2.25. The molecule has 1 rings (SSSR count). The molecule has 0 aromatic heterocycles. The molecule has 0 radical (unpaired) electrons. The van der Waals surface area contributed by atoms with E-state index in [0.29, 0.717) is 6.04 Å². The lowest BCUT2D eigenvalue weighted by Gasteiger charge is -2.37. The molecule has 0 bridgehead atoms. The van der Waals surface area contributed by atoms with Gasteiger partial charge in [0.1, 0.15) is 6.04 Å². The van der Waals surface area contributed by atoms with Crippen LogP contribution in [0.1, 0.15) is 40.0 Å². The molecule has 1 aliphatic rings. The molecule has 1 saturated heterocycles. The predicted octanol–water partition coefficient (Wildman–Crippen LogP) is 1.65. The Morgan fingerprint density at radius 3 is 2.78 bits per heavy atom. The number of hydrogen-bond acceptors (Lipinski definition) is 4. The highest BCUT2D eigenvalue weighted by atomic mass is 16.5. The Labute approximate surface area is 111 Å². The van der Waals surface area contributed by atoms with Gasteiger partial charge in [-0.3, -0.25) is 4.79 Å². The van der Waals surface area contributed by atoms with Crippen molar-refractivity contribution in [2.75, 3.05) is 26.7 Å². The number of carbonyl (C=O) groups excluding carboxylic acids is 1. The molecule has 1 heterocycles. The lowest BCUT2D eigenvalue weighted by atomic mass is 9.94. The van der Waals surface area contributed by atoms with Crippen molar-refractivity contribution in [2.24, 2.45) is 5.92 Å². The number of nitrogens with zero attached hydrogens (tertiary/aromatic N) is 1. The van der Waals surface area contributed by atoms with Gasteiger partial charge in [-0.05, 0) is 38.6 Å². The second-order valence-corrected chi connectivity index (χ2v) is 5.45. The molecule has 0 amide bonds. The van der Waals surface area contributed by atoms with Crippen LogP contribution in [0.4, 0.5) is 0 Å². The van der Waals surface area contributed by atoms with Crippen LogP contribution < -0.4 is 5.32 Å². The van der Waals surface area contributed by atoms with Gasteiger partial charge in [-0.15, -0.1) is 0 Å². The largest absolute Gasteiger partial charge is 0.468 e. The Bertz CT molecular complexity index is 258. The van der Waals surface area contributed by atoms with E-state index in [2.05, 4.69) is 24.1 Å². The number of esters is 1. The molecule has 0 saturated carbocycles. The van der Waals surface area contributed by atoms with Gasteiger partial charge in [0.2, 0.25) is 0 Å². The molecule has 0 aliphatic carbocycles. The number of ether oxygens (including phenoxy) is 1. The minimum atomic E-state index is -0.163. The second-order valence-electron chi connectivity index (χ2n) is 5.45. The van der Waals surface area contributed by atoms with Crippen molar-refractivity contribution in [2.45, 2.75) is 52.1 Å². The third-order valence-electron chi connectivity index (χ3n) is 3.89. The molecule has 3 unspecified atom stereocenters. The van der Waals surface area contributed by atoms with E-state index in [0.717, 1.165) is 32.0 Å². The zero-order chi connectivity index (χ0) is 13.5. The zero-order valence-corrected chi connectivity index (χ0v) is 12.2. The third-order valence-corrected chi connectivity index (χ3v) is 3.89. The molecule has 0 aromatic carbocycles. The van der Waals surface area contributed by atoms with Crippen molar-refractivity contribution < 1.29 is 9.53 Å². The monoisotopic (exact) mass is 256 g/mol. The van der Waals surface area contributed by atoms with Crippen LogP contribution in [0, 0.1) is 5.92 Å². The number of hydrogen-bond donors (Lipinski definition) is 1. The second kappa shape index (κ2) is 7.74. The van der Waals surface area contributed by atoms with Crippen molar-refractivity contribution in [3.63, 3.8) is 0 Å². The number of nitrogens with one attached hydrogen (secondary N) is 1. The van der Waals surface area contributed by atoms with E-state index in [4.69, 9.17) is 4.74 Å². The Morgan fingerprint density at radius 2 is 2.17 bits per heavy atom. The maximum absolute atomic E-state index is 11.6. The number of methoxy groups -OCH3 is 1. The van der Waals surface area contributed by atoms with E-state index in [-0.39, 0.29) is 12.0 Å². The number of likely N-dealkylation sites (tertiary alicyclic amines) is 1. The summed E-state index contributed by atoms with van der Waals surface area (Å²) in [7, 11) is 1.46. The van der Waals surface area contributed by atoms with E-state index in [1.807, 2.05) is 6.92 Å². The quantitative estimate of drug-likeness (QED) is 0.734. The first-order valence-corrected chi connectivity index (χ1v) is 7.13. The van der Waals surface area contributed by atoms with Crippen LogP contribution in [0.15, 0.2) is 0 Å². The zero-order valence-electron chi connectivity index (χ0n) is 12.2. The van der Waals surface area contributed by atoms with Gasteiger partial charge in [-0.25, -0.2) is 0 Å². The fourth-order valence-corrected chi connectivity index (χ4v) is 2.68. The Kier molecular flexibility index (Phi) is 6.65. The van der Waals surface area contributed by atoms with Gasteiger partial charge in [-0.2, -0.15) is 0 Å². The first-order chi connectivity index (χ1) is 8.58. The van der Waals surface area contributed by atoms with Crippen LogP contribution in [0.3, 0.4) is 0 Å². The van der Waals surface area contributed by atoms with Crippen molar-refractivity contribution in [3.05, 3.63) is 0 Å². The molecule has 0 spiro atoms. The van der Waals surface area contributed by atoms with E-state index in [1.165, 1.54) is 20.0 Å². The molecule has 1 aliphatic heterocycles. The normalized spacial score (nSPS) is 26.9. The van der Waals surface area contributed by atoms with Crippen LogP contribution in [-0.2, 0) is 9.53 Å². The standard InChI is InChI=1S/C14H28N2O2/c1-5-15-13(14(17)18-4)8-9-16-10-11(2)6-7-12(16)3/h11-13,15H,5-10H2,1-4H3. The molecule has 3 atom stereocenters. The van der Waals surface area contributed by atoms with Crippen molar-refractivity contribution >= 4 is 5.97 Å². The Morgan fingerprint density at radius 1 is 1.44 bits per heavy atom. The molecule has 18 heavy (non-hydrogen) atoms. The average Bonchev–Trinajstić information content (AvgIpc) is 2.37. The fraction of sp³-hybridized carbons (Fsp3) is 0.929. The van der Waals surface area contributed by atoms with Crippen LogP contribution in [-0.4, -0.2) is 49.7 Å². The molecular weight excluding hydrogens is 228 g/mol. The highest BCUT2D eigenvalue weighted by Crippen LogP contribution is 2.21. The van der Waals surface area contributed by atoms with Crippen LogP contribution in [0.2, 0.25) is 0 Å². The molecule has 1 N–H and O–H groups in total. The van der Waals surface area contributed by atoms with Crippen LogP contribution in [0.25, 0.3) is 0 Å². The van der Waals surface area contributed by atoms with Crippen molar-refractivity contribution in [1.29, 1.82) is 0 Å². The molecule has 4 nitrogen and oxygen atoms in total. The molecule has 1 fully saturated rings. The molecule has 0 aromatic rings. The minimum Gasteiger partial charge on any atom is -0.468 e. The smallest absolute Gasteiger partial charge is 0.322 e. The topological polar surface area (TPSA) is 41.6 Å². The van der Waals surface area contributed by atoms with Crippen LogP contribution >= 0.6 is 0 Å². The van der Waals surface area contributed by atoms with Gasteiger partial charge in [0.05, 0.1) is 7.11 Å². The van der Waals surface area contributed by atoms with E-state index >= 15 is 0 Å². The number of piperidine rings is 1. The van der Waals surface area contributed by atoms with Crippen LogP contribution in [0.5, 0.6) is 0 Å². The summed E-state index contributed by atoms with van der Waals surface area (Å²) in [5.74, 6) is 0.631. The summed E-state index contributed by atoms with van der Waals surface area (Å²) in [6.07, 6.45) is 3.42. The number of carbonyl (C=O) groups is 1. The molecule has 4 heteroatoms. The van der Waals surface area contributed by atoms with Crippen molar-refractivity contribution in [1.82, 2.24) is 10.2 Å². The highest BCUT2D eigenvalue weighted by molar-refractivity contribution is 5.75. The van der Waals surface area contributed by atoms with Gasteiger partial charge >= 0.3 is 5.97 Å². The lowest BCUT2D eigenvalue weighted by molar-refractivity contribution is -0.143. The predicted molar refractivity (Wildman–Crippen MR) is 73.5 cm³/mol. The number of likely N-dealkylation sites (N-methyl/N-ethyl adjacent to an activating group) is 1. The summed E-state index contributed by atoms with van der Waals surface area (Å²) >= 11 is 0. The summed E-state index contributed by atoms with van der Waals surface area (Å²) in [5.41, 5.74) is 0. The van der Waals surface area contributed by atoms with Gasteiger partial charge in [0.15, 0.2) is 0 Å². The summed E-state index contributed by atoms with van der Waals surface area (Å²) in [4.78, 5) is 14.1. The maximum Gasteiger partial charge on any atom is 0.322 e. The Balaban J connectivity index is 2.42. The SMILES string of the molecule is CCNC(CCN1CC(C)CCC1C)C(=O)OC. The molecule has 106 valence electrons. The average molecular weight is 256 g/mol. The fourth-order valence-electron chi connectivity index (χ4n) is 2.68. The van der Waals surface area contributed by atoms with Gasteiger partial charge in [0.25, 0.3) is 0 Å².